The quantitative estimate of drug-likeness (QED) is 0.807. The minimum absolute atomic E-state index is 0.405. The lowest BCUT2D eigenvalue weighted by molar-refractivity contribution is 0.515. The molecule has 1 N–H and O–H groups in total. The largest absolute Gasteiger partial charge is 0.317 e. The molecule has 0 radical (unpaired) electrons. The van der Waals surface area contributed by atoms with E-state index in [2.05, 4.69) is 24.1 Å². The number of hydrogen-bond donors (Lipinski definition) is 1. The average molecular weight is 199 g/mol. The molecule has 3 heteroatoms. The van der Waals surface area contributed by atoms with Gasteiger partial charge in [-0.1, -0.05) is 18.5 Å². The second-order valence-corrected chi connectivity index (χ2v) is 3.70. The second-order valence-electron chi connectivity index (χ2n) is 3.27. The van der Waals surface area contributed by atoms with Crippen LogP contribution in [0.15, 0.2) is 18.3 Å². The van der Waals surface area contributed by atoms with Gasteiger partial charge in [-0.3, -0.25) is 4.98 Å². The first kappa shape index (κ1) is 10.5. The zero-order chi connectivity index (χ0) is 9.84. The fraction of sp³-hybridized carbons (Fsp3) is 0.500. The Labute approximate surface area is 84.3 Å². The summed E-state index contributed by atoms with van der Waals surface area (Å²) >= 11 is 5.75. The summed E-state index contributed by atoms with van der Waals surface area (Å²) in [5, 5.41) is 3.89. The summed E-state index contributed by atoms with van der Waals surface area (Å²) in [4.78, 5) is 4.28. The van der Waals surface area contributed by atoms with Crippen molar-refractivity contribution in [1.29, 1.82) is 0 Å². The Balaban J connectivity index is 2.77. The maximum Gasteiger partial charge on any atom is 0.0589 e. The molecule has 13 heavy (non-hydrogen) atoms. The third-order valence-electron chi connectivity index (χ3n) is 2.42. The van der Waals surface area contributed by atoms with Crippen molar-refractivity contribution in [2.45, 2.75) is 25.8 Å². The van der Waals surface area contributed by atoms with E-state index in [9.17, 15) is 0 Å². The van der Waals surface area contributed by atoms with Crippen LogP contribution < -0.4 is 5.32 Å². The molecule has 1 heterocycles. The van der Waals surface area contributed by atoms with E-state index in [0.717, 1.165) is 5.69 Å². The summed E-state index contributed by atoms with van der Waals surface area (Å²) in [5.74, 6) is 0.405. The van der Waals surface area contributed by atoms with Gasteiger partial charge in [0.1, 0.15) is 0 Å². The van der Waals surface area contributed by atoms with E-state index in [1.54, 1.807) is 6.20 Å². The van der Waals surface area contributed by atoms with Gasteiger partial charge in [0.25, 0.3) is 0 Å². The Hall–Kier alpha value is -0.600. The van der Waals surface area contributed by atoms with Crippen molar-refractivity contribution in [1.82, 2.24) is 10.3 Å². The molecule has 0 saturated carbocycles. The molecule has 0 aromatic carbocycles. The Bertz CT molecular complexity index is 258. The van der Waals surface area contributed by atoms with E-state index in [-0.39, 0.29) is 0 Å². The Morgan fingerprint density at radius 3 is 2.54 bits per heavy atom. The molecule has 1 aromatic heterocycles. The molecular formula is C10H15ClN2. The van der Waals surface area contributed by atoms with Gasteiger partial charge in [-0.05, 0) is 26.1 Å². The third-order valence-corrected chi connectivity index (χ3v) is 2.65. The number of hydrogen-bond acceptors (Lipinski definition) is 2. The van der Waals surface area contributed by atoms with Crippen LogP contribution in [0.3, 0.4) is 0 Å². The zero-order valence-corrected chi connectivity index (χ0v) is 8.97. The van der Waals surface area contributed by atoms with Crippen molar-refractivity contribution >= 4 is 11.6 Å². The smallest absolute Gasteiger partial charge is 0.0589 e. The number of likely N-dealkylation sites (N-methyl/N-ethyl adjacent to an activating group) is 1. The van der Waals surface area contributed by atoms with Gasteiger partial charge in [0.15, 0.2) is 0 Å². The Morgan fingerprint density at radius 1 is 1.38 bits per heavy atom. The van der Waals surface area contributed by atoms with Crippen LogP contribution in [-0.2, 0) is 0 Å². The summed E-state index contributed by atoms with van der Waals surface area (Å²) in [6.45, 7) is 4.29. The number of nitrogens with one attached hydrogen (secondary N) is 1. The highest BCUT2D eigenvalue weighted by molar-refractivity contribution is 6.30. The van der Waals surface area contributed by atoms with E-state index >= 15 is 0 Å². The molecule has 0 aliphatic heterocycles. The molecule has 2 nitrogen and oxygen atoms in total. The van der Waals surface area contributed by atoms with E-state index < -0.39 is 0 Å². The van der Waals surface area contributed by atoms with Crippen molar-refractivity contribution in [2.75, 3.05) is 7.05 Å². The predicted molar refractivity (Wildman–Crippen MR) is 56.2 cm³/mol. The molecule has 2 atom stereocenters. The molecule has 72 valence electrons. The van der Waals surface area contributed by atoms with E-state index in [1.807, 2.05) is 19.2 Å². The topological polar surface area (TPSA) is 24.9 Å². The standard InChI is InChI=1S/C10H15ClN2/c1-7(8(2)12-3)10-5-4-9(11)6-13-10/h4-8,12H,1-3H3. The Morgan fingerprint density at radius 2 is 2.08 bits per heavy atom. The maximum absolute atomic E-state index is 5.75. The monoisotopic (exact) mass is 198 g/mol. The van der Waals surface area contributed by atoms with Gasteiger partial charge in [0, 0.05) is 23.9 Å². The summed E-state index contributed by atoms with van der Waals surface area (Å²) in [6.07, 6.45) is 1.69. The van der Waals surface area contributed by atoms with Gasteiger partial charge in [-0.2, -0.15) is 0 Å². The molecular weight excluding hydrogens is 184 g/mol. The van der Waals surface area contributed by atoms with Gasteiger partial charge in [-0.25, -0.2) is 0 Å². The zero-order valence-electron chi connectivity index (χ0n) is 8.21. The molecule has 0 aliphatic carbocycles. The van der Waals surface area contributed by atoms with E-state index in [4.69, 9.17) is 11.6 Å². The third kappa shape index (κ3) is 2.68. The molecule has 1 rings (SSSR count). The van der Waals surface area contributed by atoms with Crippen LogP contribution in [0.4, 0.5) is 0 Å². The minimum Gasteiger partial charge on any atom is -0.317 e. The van der Waals surface area contributed by atoms with Crippen LogP contribution >= 0.6 is 11.6 Å². The number of halogens is 1. The van der Waals surface area contributed by atoms with Crippen molar-refractivity contribution in [3.63, 3.8) is 0 Å². The van der Waals surface area contributed by atoms with Crippen LogP contribution in [0.5, 0.6) is 0 Å². The second kappa shape index (κ2) is 4.58. The summed E-state index contributed by atoms with van der Waals surface area (Å²) in [6, 6.07) is 4.28. The normalized spacial score (nSPS) is 15.4. The number of rotatable bonds is 3. The van der Waals surface area contributed by atoms with Crippen molar-refractivity contribution in [3.8, 4) is 0 Å². The molecule has 0 fully saturated rings. The van der Waals surface area contributed by atoms with E-state index in [1.165, 1.54) is 0 Å². The van der Waals surface area contributed by atoms with Gasteiger partial charge in [0.05, 0.1) is 5.02 Å². The number of nitrogens with zero attached hydrogens (tertiary/aromatic N) is 1. The molecule has 0 bridgehead atoms. The first-order valence-corrected chi connectivity index (χ1v) is 4.81. The maximum atomic E-state index is 5.75. The van der Waals surface area contributed by atoms with Gasteiger partial charge >= 0.3 is 0 Å². The lowest BCUT2D eigenvalue weighted by Crippen LogP contribution is -2.27. The summed E-state index contributed by atoms with van der Waals surface area (Å²) in [5.41, 5.74) is 1.08. The highest BCUT2D eigenvalue weighted by Gasteiger charge is 2.12. The average Bonchev–Trinajstić information content (AvgIpc) is 2.17. The fourth-order valence-electron chi connectivity index (χ4n) is 1.16. The van der Waals surface area contributed by atoms with Crippen LogP contribution in [0.1, 0.15) is 25.5 Å². The SMILES string of the molecule is CNC(C)C(C)c1ccc(Cl)cn1. The fourth-order valence-corrected chi connectivity index (χ4v) is 1.27. The predicted octanol–water partition coefficient (Wildman–Crippen LogP) is 2.45. The first-order chi connectivity index (χ1) is 6.15. The van der Waals surface area contributed by atoms with Gasteiger partial charge in [0.2, 0.25) is 0 Å². The molecule has 0 aliphatic rings. The minimum atomic E-state index is 0.405. The van der Waals surface area contributed by atoms with Crippen LogP contribution in [0.25, 0.3) is 0 Å². The van der Waals surface area contributed by atoms with Crippen molar-refractivity contribution in [3.05, 3.63) is 29.0 Å². The van der Waals surface area contributed by atoms with Crippen molar-refractivity contribution in [2.24, 2.45) is 0 Å². The van der Waals surface area contributed by atoms with Crippen LogP contribution in [0, 0.1) is 0 Å². The first-order valence-electron chi connectivity index (χ1n) is 4.44. The van der Waals surface area contributed by atoms with Gasteiger partial charge in [-0.15, -0.1) is 0 Å². The molecule has 0 amide bonds. The van der Waals surface area contributed by atoms with Crippen LogP contribution in [0.2, 0.25) is 5.02 Å². The summed E-state index contributed by atoms with van der Waals surface area (Å²) < 4.78 is 0. The lowest BCUT2D eigenvalue weighted by atomic mass is 9.99. The number of aromatic nitrogens is 1. The van der Waals surface area contributed by atoms with Crippen molar-refractivity contribution < 1.29 is 0 Å². The lowest BCUT2D eigenvalue weighted by Gasteiger charge is -2.18. The molecule has 1 aromatic rings. The highest BCUT2D eigenvalue weighted by atomic mass is 35.5. The summed E-state index contributed by atoms with van der Waals surface area (Å²) in [7, 11) is 1.96. The molecule has 0 spiro atoms. The van der Waals surface area contributed by atoms with Gasteiger partial charge < -0.3 is 5.32 Å². The van der Waals surface area contributed by atoms with Crippen LogP contribution in [-0.4, -0.2) is 18.1 Å². The van der Waals surface area contributed by atoms with E-state index in [0.29, 0.717) is 17.0 Å². The Kier molecular flexibility index (Phi) is 3.70. The highest BCUT2D eigenvalue weighted by Crippen LogP contribution is 2.17. The molecule has 0 saturated heterocycles. The molecule has 2 unspecified atom stereocenters. The number of pyridine rings is 1.